The van der Waals surface area contributed by atoms with E-state index in [9.17, 15) is 4.79 Å². The van der Waals surface area contributed by atoms with Crippen molar-refractivity contribution in [1.29, 1.82) is 0 Å². The molecule has 4 nitrogen and oxygen atoms in total. The highest BCUT2D eigenvalue weighted by molar-refractivity contribution is 5.95. The Bertz CT molecular complexity index is 876. The Morgan fingerprint density at radius 1 is 0.889 bits per heavy atom. The number of hydrogen-bond acceptors (Lipinski definition) is 3. The number of carbonyl (C=O) groups excluding carboxylic acids is 1. The lowest BCUT2D eigenvalue weighted by Crippen LogP contribution is -2.32. The summed E-state index contributed by atoms with van der Waals surface area (Å²) in [6, 6.07) is 24.5. The Morgan fingerprint density at radius 3 is 2.26 bits per heavy atom. The standard InChI is InChI=1S/C23H23NO3/c1-3-21(26-19-15-13-17(2)14-16-19)23(25)24-20-11-7-8-12-22(20)27-18-9-5-4-6-10-18/h4-16,21H,3H2,1-2H3,(H,24,25)/t21-/m0/s1. The molecule has 0 fully saturated rings. The van der Waals surface area contributed by atoms with Crippen LogP contribution in [0.2, 0.25) is 0 Å². The van der Waals surface area contributed by atoms with Gasteiger partial charge in [-0.25, -0.2) is 0 Å². The van der Waals surface area contributed by atoms with Gasteiger partial charge in [0.25, 0.3) is 5.91 Å². The second-order valence-electron chi connectivity index (χ2n) is 6.23. The van der Waals surface area contributed by atoms with E-state index in [0.29, 0.717) is 29.4 Å². The third kappa shape index (κ3) is 5.11. The number of benzene rings is 3. The highest BCUT2D eigenvalue weighted by atomic mass is 16.5. The van der Waals surface area contributed by atoms with Gasteiger partial charge in [-0.2, -0.15) is 0 Å². The van der Waals surface area contributed by atoms with E-state index in [1.807, 2.05) is 92.7 Å². The monoisotopic (exact) mass is 361 g/mol. The van der Waals surface area contributed by atoms with Crippen LogP contribution in [0.3, 0.4) is 0 Å². The molecule has 0 aliphatic heterocycles. The molecule has 0 bridgehead atoms. The summed E-state index contributed by atoms with van der Waals surface area (Å²) in [5, 5.41) is 2.92. The molecule has 0 radical (unpaired) electrons. The lowest BCUT2D eigenvalue weighted by molar-refractivity contribution is -0.122. The maximum atomic E-state index is 12.7. The molecule has 0 heterocycles. The van der Waals surface area contributed by atoms with Crippen LogP contribution in [0.4, 0.5) is 5.69 Å². The van der Waals surface area contributed by atoms with Crippen molar-refractivity contribution >= 4 is 11.6 Å². The average molecular weight is 361 g/mol. The van der Waals surface area contributed by atoms with Crippen LogP contribution in [0.1, 0.15) is 18.9 Å². The summed E-state index contributed by atoms with van der Waals surface area (Å²) in [4.78, 5) is 12.7. The first-order valence-electron chi connectivity index (χ1n) is 9.02. The molecule has 0 spiro atoms. The number of ether oxygens (including phenoxy) is 2. The fraction of sp³-hybridized carbons (Fsp3) is 0.174. The summed E-state index contributed by atoms with van der Waals surface area (Å²) >= 11 is 0. The Morgan fingerprint density at radius 2 is 1.56 bits per heavy atom. The fourth-order valence-corrected chi connectivity index (χ4v) is 2.59. The minimum absolute atomic E-state index is 0.206. The molecule has 138 valence electrons. The number of carbonyl (C=O) groups is 1. The second-order valence-corrected chi connectivity index (χ2v) is 6.23. The van der Waals surface area contributed by atoms with Crippen molar-refractivity contribution < 1.29 is 14.3 Å². The topological polar surface area (TPSA) is 47.6 Å². The molecule has 4 heteroatoms. The van der Waals surface area contributed by atoms with Gasteiger partial charge in [0.1, 0.15) is 11.5 Å². The lowest BCUT2D eigenvalue weighted by atomic mass is 10.2. The number of rotatable bonds is 7. The second kappa shape index (κ2) is 8.90. The smallest absolute Gasteiger partial charge is 0.265 e. The minimum Gasteiger partial charge on any atom is -0.481 e. The quantitative estimate of drug-likeness (QED) is 0.597. The molecule has 0 unspecified atom stereocenters. The van der Waals surface area contributed by atoms with Crippen molar-refractivity contribution in [3.05, 3.63) is 84.4 Å². The summed E-state index contributed by atoms with van der Waals surface area (Å²) in [7, 11) is 0. The molecule has 1 atom stereocenters. The van der Waals surface area contributed by atoms with Gasteiger partial charge in [0, 0.05) is 0 Å². The highest BCUT2D eigenvalue weighted by Gasteiger charge is 2.20. The summed E-state index contributed by atoms with van der Waals surface area (Å²) in [6.45, 7) is 3.93. The van der Waals surface area contributed by atoms with Gasteiger partial charge in [0.2, 0.25) is 0 Å². The van der Waals surface area contributed by atoms with E-state index < -0.39 is 6.10 Å². The van der Waals surface area contributed by atoms with Crippen molar-refractivity contribution in [2.75, 3.05) is 5.32 Å². The summed E-state index contributed by atoms with van der Waals surface area (Å²) in [6.07, 6.45) is -0.0287. The number of aryl methyl sites for hydroxylation is 1. The van der Waals surface area contributed by atoms with Crippen molar-refractivity contribution in [2.45, 2.75) is 26.4 Å². The maximum Gasteiger partial charge on any atom is 0.265 e. The van der Waals surface area contributed by atoms with Crippen molar-refractivity contribution in [2.24, 2.45) is 0 Å². The molecule has 3 aromatic carbocycles. The Hall–Kier alpha value is -3.27. The molecule has 3 rings (SSSR count). The summed E-state index contributed by atoms with van der Waals surface area (Å²) < 4.78 is 11.8. The van der Waals surface area contributed by atoms with Gasteiger partial charge in [0.15, 0.2) is 11.9 Å². The normalized spacial score (nSPS) is 11.5. The van der Waals surface area contributed by atoms with E-state index in [1.54, 1.807) is 0 Å². The first-order valence-corrected chi connectivity index (χ1v) is 9.02. The lowest BCUT2D eigenvalue weighted by Gasteiger charge is -2.18. The predicted octanol–water partition coefficient (Wildman–Crippen LogP) is 5.58. The maximum absolute atomic E-state index is 12.7. The van der Waals surface area contributed by atoms with Crippen LogP contribution in [0, 0.1) is 6.92 Å². The molecular formula is C23H23NO3. The zero-order valence-electron chi connectivity index (χ0n) is 15.5. The summed E-state index contributed by atoms with van der Waals surface area (Å²) in [5.74, 6) is 1.77. The average Bonchev–Trinajstić information content (AvgIpc) is 2.70. The Balaban J connectivity index is 1.71. The van der Waals surface area contributed by atoms with Gasteiger partial charge >= 0.3 is 0 Å². The van der Waals surface area contributed by atoms with Crippen LogP contribution >= 0.6 is 0 Å². The van der Waals surface area contributed by atoms with Crippen molar-refractivity contribution in [1.82, 2.24) is 0 Å². The number of para-hydroxylation sites is 3. The predicted molar refractivity (Wildman–Crippen MR) is 107 cm³/mol. The number of amides is 1. The zero-order valence-corrected chi connectivity index (χ0v) is 15.5. The van der Waals surface area contributed by atoms with Gasteiger partial charge in [-0.3, -0.25) is 4.79 Å². The van der Waals surface area contributed by atoms with Crippen LogP contribution in [0.15, 0.2) is 78.9 Å². The third-order valence-corrected chi connectivity index (χ3v) is 4.08. The zero-order chi connectivity index (χ0) is 19.1. The SMILES string of the molecule is CC[C@H](Oc1ccc(C)cc1)C(=O)Nc1ccccc1Oc1ccccc1. The van der Waals surface area contributed by atoms with Crippen LogP contribution in [-0.4, -0.2) is 12.0 Å². The van der Waals surface area contributed by atoms with Gasteiger partial charge in [-0.1, -0.05) is 55.0 Å². The largest absolute Gasteiger partial charge is 0.481 e. The highest BCUT2D eigenvalue weighted by Crippen LogP contribution is 2.29. The Labute approximate surface area is 159 Å². The third-order valence-electron chi connectivity index (χ3n) is 4.08. The van der Waals surface area contributed by atoms with Crippen LogP contribution < -0.4 is 14.8 Å². The molecule has 27 heavy (non-hydrogen) atoms. The molecule has 0 aromatic heterocycles. The van der Waals surface area contributed by atoms with E-state index >= 15 is 0 Å². The molecule has 0 aliphatic carbocycles. The van der Waals surface area contributed by atoms with E-state index in [-0.39, 0.29) is 5.91 Å². The molecule has 3 aromatic rings. The summed E-state index contributed by atoms with van der Waals surface area (Å²) in [5.41, 5.74) is 1.75. The van der Waals surface area contributed by atoms with Crippen LogP contribution in [0.25, 0.3) is 0 Å². The van der Waals surface area contributed by atoms with Crippen LogP contribution in [0.5, 0.6) is 17.2 Å². The molecular weight excluding hydrogens is 338 g/mol. The molecule has 0 saturated heterocycles. The minimum atomic E-state index is -0.586. The molecule has 1 N–H and O–H groups in total. The van der Waals surface area contributed by atoms with Crippen LogP contribution in [-0.2, 0) is 4.79 Å². The number of anilines is 1. The number of hydrogen-bond donors (Lipinski definition) is 1. The van der Waals surface area contributed by atoms with Crippen molar-refractivity contribution in [3.63, 3.8) is 0 Å². The van der Waals surface area contributed by atoms with E-state index in [2.05, 4.69) is 5.32 Å². The van der Waals surface area contributed by atoms with Gasteiger partial charge in [-0.05, 0) is 49.7 Å². The van der Waals surface area contributed by atoms with E-state index in [4.69, 9.17) is 9.47 Å². The van der Waals surface area contributed by atoms with Gasteiger partial charge in [-0.15, -0.1) is 0 Å². The van der Waals surface area contributed by atoms with Gasteiger partial charge < -0.3 is 14.8 Å². The molecule has 0 saturated carbocycles. The van der Waals surface area contributed by atoms with Crippen molar-refractivity contribution in [3.8, 4) is 17.2 Å². The van der Waals surface area contributed by atoms with E-state index in [0.717, 1.165) is 5.56 Å². The van der Waals surface area contributed by atoms with Gasteiger partial charge in [0.05, 0.1) is 5.69 Å². The fourth-order valence-electron chi connectivity index (χ4n) is 2.59. The first-order chi connectivity index (χ1) is 13.2. The Kier molecular flexibility index (Phi) is 6.10. The number of nitrogens with one attached hydrogen (secondary N) is 1. The molecule has 0 aliphatic rings. The van der Waals surface area contributed by atoms with E-state index in [1.165, 1.54) is 0 Å². The first kappa shape index (κ1) is 18.5. The molecule has 1 amide bonds.